The topological polar surface area (TPSA) is 61.9 Å². The number of imidazole rings is 1. The third kappa shape index (κ3) is 2.10. The van der Waals surface area contributed by atoms with Gasteiger partial charge in [-0.1, -0.05) is 6.07 Å². The maximum Gasteiger partial charge on any atom is 0.331 e. The molecule has 7 heteroatoms. The molecule has 0 bridgehead atoms. The highest BCUT2D eigenvalue weighted by Crippen LogP contribution is 2.32. The Hall–Kier alpha value is -3.06. The van der Waals surface area contributed by atoms with E-state index in [2.05, 4.69) is 9.97 Å². The molecule has 0 N–H and O–H groups in total. The van der Waals surface area contributed by atoms with Gasteiger partial charge in [-0.25, -0.2) is 9.78 Å². The van der Waals surface area contributed by atoms with E-state index in [4.69, 9.17) is 4.74 Å². The van der Waals surface area contributed by atoms with Crippen LogP contribution >= 0.6 is 0 Å². The normalized spacial score (nSPS) is 16.9. The van der Waals surface area contributed by atoms with Crippen molar-refractivity contribution >= 4 is 21.9 Å². The molecule has 4 aromatic rings. The molecule has 1 aromatic carbocycles. The van der Waals surface area contributed by atoms with Gasteiger partial charge in [0.2, 0.25) is 5.95 Å². The van der Waals surface area contributed by atoms with Crippen molar-refractivity contribution in [1.82, 2.24) is 19.1 Å². The van der Waals surface area contributed by atoms with Crippen molar-refractivity contribution in [2.24, 2.45) is 7.05 Å². The molecule has 0 spiro atoms. The molecule has 0 radical (unpaired) electrons. The van der Waals surface area contributed by atoms with Crippen molar-refractivity contribution in [3.8, 4) is 11.1 Å². The Balaban J connectivity index is 1.83. The van der Waals surface area contributed by atoms with Gasteiger partial charge < -0.3 is 4.74 Å². The summed E-state index contributed by atoms with van der Waals surface area (Å²) in [6.07, 6.45) is 3.78. The Morgan fingerprint density at radius 2 is 1.96 bits per heavy atom. The maximum atomic E-state index is 13.1. The molecule has 130 valence electrons. The summed E-state index contributed by atoms with van der Waals surface area (Å²) < 4.78 is 22.0. The average molecular weight is 350 g/mol. The van der Waals surface area contributed by atoms with E-state index in [0.717, 1.165) is 39.5 Å². The Morgan fingerprint density at radius 3 is 2.65 bits per heavy atom. The van der Waals surface area contributed by atoms with Crippen LogP contribution in [0.1, 0.15) is 12.6 Å². The number of rotatable bonds is 2. The first-order valence-electron chi connectivity index (χ1n) is 8.37. The van der Waals surface area contributed by atoms with Crippen molar-refractivity contribution < 1.29 is 9.13 Å². The van der Waals surface area contributed by atoms with Gasteiger partial charge in [0.05, 0.1) is 29.4 Å². The minimum atomic E-state index is -0.516. The Kier molecular flexibility index (Phi) is 3.20. The number of aromatic nitrogens is 4. The van der Waals surface area contributed by atoms with E-state index in [1.165, 1.54) is 12.3 Å². The molecule has 1 fully saturated rings. The van der Waals surface area contributed by atoms with Crippen LogP contribution in [0.3, 0.4) is 0 Å². The van der Waals surface area contributed by atoms with E-state index in [9.17, 15) is 9.18 Å². The zero-order chi connectivity index (χ0) is 17.8. The number of halogens is 1. The molecule has 1 atom stereocenters. The van der Waals surface area contributed by atoms with Crippen molar-refractivity contribution in [2.45, 2.75) is 12.6 Å². The molecule has 26 heavy (non-hydrogen) atoms. The second kappa shape index (κ2) is 5.47. The fourth-order valence-corrected chi connectivity index (χ4v) is 3.45. The third-order valence-corrected chi connectivity index (χ3v) is 4.94. The van der Waals surface area contributed by atoms with Crippen LogP contribution in [0.25, 0.3) is 33.1 Å². The molecular formula is C19H15FN4O2. The van der Waals surface area contributed by atoms with Crippen LogP contribution in [-0.4, -0.2) is 25.7 Å². The lowest BCUT2D eigenvalue weighted by atomic mass is 10.0. The van der Waals surface area contributed by atoms with Crippen LogP contribution in [0.2, 0.25) is 0 Å². The molecular weight excluding hydrogens is 335 g/mol. The maximum absolute atomic E-state index is 13.1. The van der Waals surface area contributed by atoms with E-state index >= 15 is 0 Å². The lowest BCUT2D eigenvalue weighted by Crippen LogP contribution is -2.33. The summed E-state index contributed by atoms with van der Waals surface area (Å²) in [6, 6.07) is 8.80. The summed E-state index contributed by atoms with van der Waals surface area (Å²) in [5.41, 5.74) is 3.92. The van der Waals surface area contributed by atoms with Crippen LogP contribution in [0.15, 0.2) is 47.5 Å². The first-order chi connectivity index (χ1) is 12.6. The predicted octanol–water partition coefficient (Wildman–Crippen LogP) is 3.01. The fraction of sp³-hybridized carbons (Fsp3) is 0.211. The lowest BCUT2D eigenvalue weighted by molar-refractivity contribution is -0.0989. The number of benzene rings is 1. The van der Waals surface area contributed by atoms with Crippen LogP contribution in [-0.2, 0) is 11.8 Å². The highest BCUT2D eigenvalue weighted by atomic mass is 19.1. The van der Waals surface area contributed by atoms with Crippen molar-refractivity contribution in [2.75, 3.05) is 6.61 Å². The number of hydrogen-bond acceptors (Lipinski definition) is 4. The summed E-state index contributed by atoms with van der Waals surface area (Å²) in [6.45, 7) is 0.656. The molecule has 0 saturated carbocycles. The van der Waals surface area contributed by atoms with Gasteiger partial charge in [0, 0.05) is 30.6 Å². The van der Waals surface area contributed by atoms with Crippen molar-refractivity contribution in [3.63, 3.8) is 0 Å². The molecule has 1 unspecified atom stereocenters. The number of nitrogens with zero attached hydrogens (tertiary/aromatic N) is 4. The third-order valence-electron chi connectivity index (χ3n) is 4.94. The summed E-state index contributed by atoms with van der Waals surface area (Å²) >= 11 is 0. The summed E-state index contributed by atoms with van der Waals surface area (Å²) in [7, 11) is 1.74. The van der Waals surface area contributed by atoms with Gasteiger partial charge in [-0.3, -0.25) is 14.1 Å². The molecule has 1 aliphatic rings. The van der Waals surface area contributed by atoms with Gasteiger partial charge in [0.25, 0.3) is 0 Å². The molecule has 5 rings (SSSR count). The zero-order valence-electron chi connectivity index (χ0n) is 14.0. The van der Waals surface area contributed by atoms with Crippen LogP contribution in [0.5, 0.6) is 0 Å². The molecule has 1 aliphatic heterocycles. The summed E-state index contributed by atoms with van der Waals surface area (Å²) in [5.74, 6) is -0.516. The van der Waals surface area contributed by atoms with E-state index in [1.807, 2.05) is 18.2 Å². The lowest BCUT2D eigenvalue weighted by Gasteiger charge is -2.27. The zero-order valence-corrected chi connectivity index (χ0v) is 14.0. The summed E-state index contributed by atoms with van der Waals surface area (Å²) in [4.78, 5) is 20.9. The van der Waals surface area contributed by atoms with Gasteiger partial charge in [-0.15, -0.1) is 0 Å². The van der Waals surface area contributed by atoms with Gasteiger partial charge >= 0.3 is 5.69 Å². The predicted molar refractivity (Wildman–Crippen MR) is 95.3 cm³/mol. The first-order valence-corrected chi connectivity index (χ1v) is 8.37. The molecule has 6 nitrogen and oxygen atoms in total. The minimum Gasteiger partial charge on any atom is -0.358 e. The number of hydrogen-bond donors (Lipinski definition) is 0. The molecule has 3 aromatic heterocycles. The average Bonchev–Trinajstić information content (AvgIpc) is 2.86. The summed E-state index contributed by atoms with van der Waals surface area (Å²) in [5, 5.41) is 0.859. The minimum absolute atomic E-state index is 0.118. The van der Waals surface area contributed by atoms with Crippen LogP contribution in [0.4, 0.5) is 4.39 Å². The highest BCUT2D eigenvalue weighted by Gasteiger charge is 2.26. The Morgan fingerprint density at radius 1 is 1.15 bits per heavy atom. The fourth-order valence-electron chi connectivity index (χ4n) is 3.45. The number of aryl methyl sites for hydroxylation is 1. The number of ether oxygens (including phenoxy) is 1. The highest BCUT2D eigenvalue weighted by molar-refractivity contribution is 6.04. The molecule has 0 aliphatic carbocycles. The van der Waals surface area contributed by atoms with E-state index in [0.29, 0.717) is 6.61 Å². The second-order valence-corrected chi connectivity index (χ2v) is 6.42. The standard InChI is InChI=1S/C19H15FN4O2/c1-23-15-10-21-14-4-2-11(12-3-5-16(20)22-9-12)8-13(14)18(15)24(19(23)25)17-6-7-26-17/h2-5,8-10,17H,6-7H2,1H3. The van der Waals surface area contributed by atoms with Gasteiger partial charge in [-0.05, 0) is 29.8 Å². The Bertz CT molecular complexity index is 1210. The van der Waals surface area contributed by atoms with Gasteiger partial charge in [-0.2, -0.15) is 4.39 Å². The van der Waals surface area contributed by atoms with E-state index in [-0.39, 0.29) is 11.9 Å². The van der Waals surface area contributed by atoms with Gasteiger partial charge in [0.15, 0.2) is 0 Å². The molecule has 0 amide bonds. The van der Waals surface area contributed by atoms with Crippen LogP contribution in [0, 0.1) is 5.95 Å². The van der Waals surface area contributed by atoms with E-state index < -0.39 is 5.95 Å². The SMILES string of the molecule is Cn1c(=O)n(C2CCO2)c2c3cc(-c4ccc(F)nc4)ccc3ncc21. The first kappa shape index (κ1) is 15.2. The van der Waals surface area contributed by atoms with Crippen LogP contribution < -0.4 is 5.69 Å². The Labute approximate surface area is 147 Å². The van der Waals surface area contributed by atoms with Crippen molar-refractivity contribution in [1.29, 1.82) is 0 Å². The smallest absolute Gasteiger partial charge is 0.331 e. The number of fused-ring (bicyclic) bond motifs is 3. The molecule has 4 heterocycles. The largest absolute Gasteiger partial charge is 0.358 e. The monoisotopic (exact) mass is 350 g/mol. The quantitative estimate of drug-likeness (QED) is 0.522. The van der Waals surface area contributed by atoms with Gasteiger partial charge in [0.1, 0.15) is 6.23 Å². The second-order valence-electron chi connectivity index (χ2n) is 6.42. The number of pyridine rings is 2. The molecule has 1 saturated heterocycles. The van der Waals surface area contributed by atoms with Crippen molar-refractivity contribution in [3.05, 3.63) is 59.2 Å². The van der Waals surface area contributed by atoms with E-state index in [1.54, 1.807) is 28.4 Å².